The highest BCUT2D eigenvalue weighted by molar-refractivity contribution is 8.82. The van der Waals surface area contributed by atoms with Gasteiger partial charge in [-0.2, -0.15) is 0 Å². The third-order valence-electron chi connectivity index (χ3n) is 0.770. The molecule has 0 bridgehead atoms. The van der Waals surface area contributed by atoms with Gasteiger partial charge in [-0.1, -0.05) is 10.8 Å². The Bertz CT molecular complexity index is 131. The summed E-state index contributed by atoms with van der Waals surface area (Å²) in [6, 6.07) is 0. The molecule has 0 N–H and O–H groups in total. The minimum Gasteiger partial charge on any atom is -0.466 e. The third-order valence-corrected chi connectivity index (χ3v) is 2.32. The van der Waals surface area contributed by atoms with E-state index in [0.717, 1.165) is 10.8 Å². The van der Waals surface area contributed by atoms with Gasteiger partial charge in [0.25, 0.3) is 0 Å². The van der Waals surface area contributed by atoms with Crippen LogP contribution >= 0.6 is 21.6 Å². The van der Waals surface area contributed by atoms with E-state index in [-0.39, 0.29) is 11.5 Å². The summed E-state index contributed by atoms with van der Waals surface area (Å²) in [6.07, 6.45) is 1.66. The lowest BCUT2D eigenvalue weighted by Gasteiger charge is -1.98. The average molecular weight is 194 g/mol. The molecule has 0 aromatic rings. The van der Waals surface area contributed by atoms with Gasteiger partial charge in [0.1, 0.15) is 6.42 Å². The summed E-state index contributed by atoms with van der Waals surface area (Å²) in [6.45, 7) is 2.04. The molecule has 0 aliphatic carbocycles. The fourth-order valence-corrected chi connectivity index (χ4v) is 1.55. The van der Waals surface area contributed by atoms with Crippen molar-refractivity contribution >= 4 is 32.7 Å². The standard InChI is InChI=1S/C6H10O3S2/c1-3-9-5(7)4-6(8)11-10-2/h3-4H2,1-2H3. The van der Waals surface area contributed by atoms with Gasteiger partial charge in [-0.15, -0.1) is 0 Å². The Morgan fingerprint density at radius 1 is 1.45 bits per heavy atom. The first-order valence-corrected chi connectivity index (χ1v) is 5.65. The van der Waals surface area contributed by atoms with Gasteiger partial charge in [0.05, 0.1) is 6.61 Å². The SMILES string of the molecule is CCOC(=O)CC(=O)SSC. The lowest BCUT2D eigenvalue weighted by molar-refractivity contribution is -0.144. The van der Waals surface area contributed by atoms with Crippen molar-refractivity contribution in [1.29, 1.82) is 0 Å². The molecular formula is C6H10O3S2. The van der Waals surface area contributed by atoms with Crippen molar-refractivity contribution in [2.24, 2.45) is 0 Å². The summed E-state index contributed by atoms with van der Waals surface area (Å²) in [5, 5.41) is -0.157. The molecule has 0 spiro atoms. The second-order valence-electron chi connectivity index (χ2n) is 1.60. The minimum atomic E-state index is -0.445. The van der Waals surface area contributed by atoms with Crippen LogP contribution in [0, 0.1) is 0 Å². The Morgan fingerprint density at radius 2 is 2.09 bits per heavy atom. The van der Waals surface area contributed by atoms with Crippen LogP contribution in [0.25, 0.3) is 0 Å². The maximum Gasteiger partial charge on any atom is 0.314 e. The lowest BCUT2D eigenvalue weighted by atomic mass is 10.5. The zero-order valence-electron chi connectivity index (χ0n) is 6.46. The van der Waals surface area contributed by atoms with E-state index in [9.17, 15) is 9.59 Å². The van der Waals surface area contributed by atoms with Crippen LogP contribution in [-0.2, 0) is 14.3 Å². The molecule has 64 valence electrons. The first-order valence-electron chi connectivity index (χ1n) is 3.09. The summed E-state index contributed by atoms with van der Waals surface area (Å²) in [5.74, 6) is -0.445. The van der Waals surface area contributed by atoms with Crippen molar-refractivity contribution in [3.63, 3.8) is 0 Å². The first-order chi connectivity index (χ1) is 5.20. The van der Waals surface area contributed by atoms with Crippen LogP contribution in [0.3, 0.4) is 0 Å². The minimum absolute atomic E-state index is 0.126. The van der Waals surface area contributed by atoms with Gasteiger partial charge >= 0.3 is 5.97 Å². The average Bonchev–Trinajstić information content (AvgIpc) is 1.87. The van der Waals surface area contributed by atoms with Crippen molar-refractivity contribution in [3.05, 3.63) is 0 Å². The van der Waals surface area contributed by atoms with Crippen LogP contribution in [0.15, 0.2) is 0 Å². The number of hydrogen-bond donors (Lipinski definition) is 0. The molecule has 0 aliphatic heterocycles. The number of carbonyl (C=O) groups is 2. The fourth-order valence-electron chi connectivity index (χ4n) is 0.452. The van der Waals surface area contributed by atoms with Crippen molar-refractivity contribution in [2.45, 2.75) is 13.3 Å². The molecule has 5 heteroatoms. The Hall–Kier alpha value is -0.160. The number of ether oxygens (including phenoxy) is 1. The van der Waals surface area contributed by atoms with Gasteiger partial charge in [0.2, 0.25) is 5.12 Å². The molecule has 0 atom stereocenters. The lowest BCUT2D eigenvalue weighted by Crippen LogP contribution is -2.07. The summed E-state index contributed by atoms with van der Waals surface area (Å²) >= 11 is 0. The summed E-state index contributed by atoms with van der Waals surface area (Å²) in [5.41, 5.74) is 0. The zero-order chi connectivity index (χ0) is 8.69. The van der Waals surface area contributed by atoms with Crippen LogP contribution in [0.4, 0.5) is 0 Å². The highest BCUT2D eigenvalue weighted by Crippen LogP contribution is 2.19. The number of carbonyl (C=O) groups excluding carboxylic acids is 2. The molecule has 0 aliphatic rings. The molecule has 0 aromatic carbocycles. The summed E-state index contributed by atoms with van der Waals surface area (Å²) in [4.78, 5) is 21.4. The second-order valence-corrected chi connectivity index (χ2v) is 4.06. The van der Waals surface area contributed by atoms with E-state index in [1.165, 1.54) is 10.8 Å². The smallest absolute Gasteiger partial charge is 0.314 e. The molecule has 0 radical (unpaired) electrons. The van der Waals surface area contributed by atoms with E-state index >= 15 is 0 Å². The zero-order valence-corrected chi connectivity index (χ0v) is 8.09. The Morgan fingerprint density at radius 3 is 2.55 bits per heavy atom. The van der Waals surface area contributed by atoms with Gasteiger partial charge in [-0.05, 0) is 24.0 Å². The van der Waals surface area contributed by atoms with E-state index in [4.69, 9.17) is 0 Å². The van der Waals surface area contributed by atoms with Crippen LogP contribution in [0.5, 0.6) is 0 Å². The van der Waals surface area contributed by atoms with Gasteiger partial charge < -0.3 is 4.74 Å². The molecule has 0 saturated carbocycles. The number of hydrogen-bond acceptors (Lipinski definition) is 5. The normalized spacial score (nSPS) is 9.27. The van der Waals surface area contributed by atoms with E-state index in [1.807, 2.05) is 0 Å². The summed E-state index contributed by atoms with van der Waals surface area (Å²) < 4.78 is 4.58. The van der Waals surface area contributed by atoms with Crippen LogP contribution in [0.1, 0.15) is 13.3 Å². The largest absolute Gasteiger partial charge is 0.466 e. The molecule has 11 heavy (non-hydrogen) atoms. The molecule has 0 heterocycles. The Labute approximate surface area is 73.6 Å². The van der Waals surface area contributed by atoms with Gasteiger partial charge in [0.15, 0.2) is 0 Å². The quantitative estimate of drug-likeness (QED) is 0.385. The highest BCUT2D eigenvalue weighted by atomic mass is 33.1. The summed E-state index contributed by atoms with van der Waals surface area (Å²) in [7, 11) is 2.39. The molecule has 3 nitrogen and oxygen atoms in total. The molecule has 0 unspecified atom stereocenters. The highest BCUT2D eigenvalue weighted by Gasteiger charge is 2.09. The number of rotatable bonds is 4. The van der Waals surface area contributed by atoms with E-state index in [1.54, 1.807) is 13.2 Å². The predicted molar refractivity (Wildman–Crippen MR) is 47.4 cm³/mol. The van der Waals surface area contributed by atoms with E-state index in [0.29, 0.717) is 6.61 Å². The van der Waals surface area contributed by atoms with Gasteiger partial charge in [-0.25, -0.2) is 0 Å². The van der Waals surface area contributed by atoms with E-state index < -0.39 is 5.97 Å². The van der Waals surface area contributed by atoms with Crippen LogP contribution < -0.4 is 0 Å². The number of esters is 1. The molecular weight excluding hydrogens is 184 g/mol. The van der Waals surface area contributed by atoms with Gasteiger partial charge in [-0.3, -0.25) is 9.59 Å². The van der Waals surface area contributed by atoms with Crippen molar-refractivity contribution in [1.82, 2.24) is 0 Å². The second kappa shape index (κ2) is 6.54. The molecule has 0 saturated heterocycles. The van der Waals surface area contributed by atoms with Crippen molar-refractivity contribution in [2.75, 3.05) is 12.9 Å². The topological polar surface area (TPSA) is 43.4 Å². The Kier molecular flexibility index (Phi) is 6.45. The molecule has 0 amide bonds. The maximum absolute atomic E-state index is 10.8. The fraction of sp³-hybridized carbons (Fsp3) is 0.667. The monoisotopic (exact) mass is 194 g/mol. The molecule has 0 fully saturated rings. The van der Waals surface area contributed by atoms with Crippen molar-refractivity contribution < 1.29 is 14.3 Å². The predicted octanol–water partition coefficient (Wildman–Crippen LogP) is 1.48. The molecule has 0 aromatic heterocycles. The third kappa shape index (κ3) is 6.25. The first kappa shape index (κ1) is 10.8. The van der Waals surface area contributed by atoms with Crippen LogP contribution in [-0.4, -0.2) is 23.9 Å². The van der Waals surface area contributed by atoms with E-state index in [2.05, 4.69) is 4.74 Å². The Balaban J connectivity index is 3.49. The van der Waals surface area contributed by atoms with Gasteiger partial charge in [0, 0.05) is 0 Å². The van der Waals surface area contributed by atoms with Crippen LogP contribution in [0.2, 0.25) is 0 Å². The maximum atomic E-state index is 10.8. The molecule has 0 rings (SSSR count). The van der Waals surface area contributed by atoms with Crippen molar-refractivity contribution in [3.8, 4) is 0 Å².